The summed E-state index contributed by atoms with van der Waals surface area (Å²) >= 11 is 0. The Morgan fingerprint density at radius 3 is 2.54 bits per heavy atom. The first-order chi connectivity index (χ1) is 11.9. The second kappa shape index (κ2) is 8.56. The average Bonchev–Trinajstić information content (AvgIpc) is 2.53. The molecule has 3 N–H and O–H groups in total. The van der Waals surface area contributed by atoms with Crippen molar-refractivity contribution < 1.29 is 18.1 Å². The summed E-state index contributed by atoms with van der Waals surface area (Å²) in [6.45, 7) is 5.61. The molecule has 0 aliphatic carbocycles. The zero-order valence-corrected chi connectivity index (χ0v) is 16.2. The van der Waals surface area contributed by atoms with Crippen LogP contribution in [-0.4, -0.2) is 49.2 Å². The lowest BCUT2D eigenvalue weighted by molar-refractivity contribution is -0.385. The highest BCUT2D eigenvalue weighted by atomic mass is 32.2. The summed E-state index contributed by atoms with van der Waals surface area (Å²) in [6.07, 6.45) is 0.649. The maximum atomic E-state index is 12.6. The fraction of sp³-hybridized carbons (Fsp3) is 0.562. The number of amides is 1. The van der Waals surface area contributed by atoms with Crippen molar-refractivity contribution in [1.82, 2.24) is 9.62 Å². The van der Waals surface area contributed by atoms with Gasteiger partial charge in [-0.1, -0.05) is 19.9 Å². The van der Waals surface area contributed by atoms with Crippen molar-refractivity contribution in [2.45, 2.75) is 37.6 Å². The largest absolute Gasteiger partial charge is 0.349 e. The molecule has 0 radical (unpaired) electrons. The molecule has 0 saturated carbocycles. The topological polar surface area (TPSA) is 136 Å². The van der Waals surface area contributed by atoms with E-state index in [1.165, 1.54) is 25.2 Å². The first-order valence-corrected chi connectivity index (χ1v) is 9.57. The maximum Gasteiger partial charge on any atom is 0.270 e. The summed E-state index contributed by atoms with van der Waals surface area (Å²) < 4.78 is 26.0. The molecule has 1 atom stereocenters. The Hall–Kier alpha value is -2.04. The molecule has 1 rings (SSSR count). The van der Waals surface area contributed by atoms with Gasteiger partial charge in [-0.2, -0.15) is 4.31 Å². The molecular formula is C16H26N4O5S. The van der Waals surface area contributed by atoms with E-state index in [9.17, 15) is 23.3 Å². The number of non-ortho nitro benzene ring substituents is 1. The summed E-state index contributed by atoms with van der Waals surface area (Å²) in [5.41, 5.74) is 4.77. The number of nitrogens with two attached hydrogens (primary N) is 1. The standard InChI is InChI=1S/C16H26N4O5S/c1-12(2)9-16(3,11-17)18-15(21)10-19(4)26(24,25)14-7-5-6-13(8-14)20(22)23/h5-8,12H,9-11,17H2,1-4H3,(H,18,21). The molecule has 0 spiro atoms. The Morgan fingerprint density at radius 2 is 2.04 bits per heavy atom. The fourth-order valence-corrected chi connectivity index (χ4v) is 3.85. The van der Waals surface area contributed by atoms with Crippen molar-refractivity contribution in [3.63, 3.8) is 0 Å². The normalized spacial score (nSPS) is 14.3. The SMILES string of the molecule is CC(C)CC(C)(CN)NC(=O)CN(C)S(=O)(=O)c1cccc([N+](=O)[O-])c1. The van der Waals surface area contributed by atoms with E-state index in [-0.39, 0.29) is 17.1 Å². The number of nitro groups is 1. The number of sulfonamides is 1. The van der Waals surface area contributed by atoms with Crippen LogP contribution in [0.5, 0.6) is 0 Å². The van der Waals surface area contributed by atoms with Crippen molar-refractivity contribution in [1.29, 1.82) is 0 Å². The number of nitrogens with one attached hydrogen (secondary N) is 1. The van der Waals surface area contributed by atoms with Crippen molar-refractivity contribution in [3.8, 4) is 0 Å². The number of nitrogens with zero attached hydrogens (tertiary/aromatic N) is 2. The first-order valence-electron chi connectivity index (χ1n) is 8.13. The van der Waals surface area contributed by atoms with E-state index in [0.717, 1.165) is 10.4 Å². The molecule has 0 aliphatic heterocycles. The molecule has 146 valence electrons. The van der Waals surface area contributed by atoms with Crippen LogP contribution in [0.25, 0.3) is 0 Å². The van der Waals surface area contributed by atoms with E-state index in [2.05, 4.69) is 5.32 Å². The van der Waals surface area contributed by atoms with Crippen LogP contribution in [0.2, 0.25) is 0 Å². The summed E-state index contributed by atoms with van der Waals surface area (Å²) in [5.74, 6) is -0.190. The lowest BCUT2D eigenvalue weighted by Gasteiger charge is -2.32. The molecule has 0 aliphatic rings. The number of carbonyl (C=O) groups is 1. The minimum Gasteiger partial charge on any atom is -0.349 e. The van der Waals surface area contributed by atoms with Gasteiger partial charge < -0.3 is 11.1 Å². The van der Waals surface area contributed by atoms with Crippen LogP contribution in [-0.2, 0) is 14.8 Å². The number of rotatable bonds is 9. The van der Waals surface area contributed by atoms with Crippen molar-refractivity contribution in [3.05, 3.63) is 34.4 Å². The van der Waals surface area contributed by atoms with Crippen LogP contribution >= 0.6 is 0 Å². The lowest BCUT2D eigenvalue weighted by Crippen LogP contribution is -2.54. The fourth-order valence-electron chi connectivity index (χ4n) is 2.69. The van der Waals surface area contributed by atoms with Crippen LogP contribution in [0.4, 0.5) is 5.69 Å². The third-order valence-electron chi connectivity index (χ3n) is 3.85. The zero-order valence-electron chi connectivity index (χ0n) is 15.4. The van der Waals surface area contributed by atoms with Gasteiger partial charge in [0.1, 0.15) is 0 Å². The van der Waals surface area contributed by atoms with Gasteiger partial charge in [0.2, 0.25) is 15.9 Å². The Labute approximate surface area is 153 Å². The third-order valence-corrected chi connectivity index (χ3v) is 5.65. The van der Waals surface area contributed by atoms with Gasteiger partial charge in [0.05, 0.1) is 16.4 Å². The van der Waals surface area contributed by atoms with Crippen LogP contribution in [0.15, 0.2) is 29.2 Å². The predicted octanol–water partition coefficient (Wildman–Crippen LogP) is 1.10. The van der Waals surface area contributed by atoms with Gasteiger partial charge in [-0.25, -0.2) is 8.42 Å². The van der Waals surface area contributed by atoms with Crippen LogP contribution in [0, 0.1) is 16.0 Å². The van der Waals surface area contributed by atoms with Crippen LogP contribution in [0.3, 0.4) is 0 Å². The molecule has 0 aromatic heterocycles. The van der Waals surface area contributed by atoms with E-state index in [4.69, 9.17) is 5.73 Å². The highest BCUT2D eigenvalue weighted by Crippen LogP contribution is 2.20. The summed E-state index contributed by atoms with van der Waals surface area (Å²) in [6, 6.07) is 4.70. The first kappa shape index (κ1) is 22.0. The van der Waals surface area contributed by atoms with E-state index < -0.39 is 32.9 Å². The summed E-state index contributed by atoms with van der Waals surface area (Å²) in [5, 5.41) is 13.6. The summed E-state index contributed by atoms with van der Waals surface area (Å²) in [7, 11) is -2.79. The molecule has 1 aromatic carbocycles. The highest BCUT2D eigenvalue weighted by molar-refractivity contribution is 7.89. The maximum absolute atomic E-state index is 12.6. The Morgan fingerprint density at radius 1 is 1.42 bits per heavy atom. The van der Waals surface area contributed by atoms with E-state index in [0.29, 0.717) is 12.3 Å². The van der Waals surface area contributed by atoms with Gasteiger partial charge in [0.15, 0.2) is 0 Å². The van der Waals surface area contributed by atoms with Gasteiger partial charge in [-0.3, -0.25) is 14.9 Å². The Balaban J connectivity index is 2.91. The smallest absolute Gasteiger partial charge is 0.270 e. The van der Waals surface area contributed by atoms with E-state index >= 15 is 0 Å². The van der Waals surface area contributed by atoms with Gasteiger partial charge in [0, 0.05) is 31.3 Å². The van der Waals surface area contributed by atoms with Crippen molar-refractivity contribution in [2.75, 3.05) is 20.1 Å². The van der Waals surface area contributed by atoms with Gasteiger partial charge in [-0.15, -0.1) is 0 Å². The molecule has 0 fully saturated rings. The zero-order chi connectivity index (χ0) is 20.1. The molecule has 0 saturated heterocycles. The highest BCUT2D eigenvalue weighted by Gasteiger charge is 2.29. The Bertz CT molecular complexity index is 766. The number of benzene rings is 1. The Kier molecular flexibility index (Phi) is 7.25. The average molecular weight is 386 g/mol. The van der Waals surface area contributed by atoms with Crippen LogP contribution < -0.4 is 11.1 Å². The summed E-state index contributed by atoms with van der Waals surface area (Å²) in [4.78, 5) is 22.2. The van der Waals surface area contributed by atoms with E-state index in [1.807, 2.05) is 13.8 Å². The van der Waals surface area contributed by atoms with Crippen molar-refractivity contribution >= 4 is 21.6 Å². The minimum atomic E-state index is -4.04. The van der Waals surface area contributed by atoms with Gasteiger partial charge in [0.25, 0.3) is 5.69 Å². The van der Waals surface area contributed by atoms with Gasteiger partial charge >= 0.3 is 0 Å². The van der Waals surface area contributed by atoms with Crippen LogP contribution in [0.1, 0.15) is 27.2 Å². The number of carbonyl (C=O) groups excluding carboxylic acids is 1. The molecule has 26 heavy (non-hydrogen) atoms. The van der Waals surface area contributed by atoms with Crippen molar-refractivity contribution in [2.24, 2.45) is 11.7 Å². The number of nitro benzene ring substituents is 1. The molecule has 1 unspecified atom stereocenters. The van der Waals surface area contributed by atoms with E-state index in [1.54, 1.807) is 6.92 Å². The molecule has 0 heterocycles. The van der Waals surface area contributed by atoms with Gasteiger partial charge in [-0.05, 0) is 25.3 Å². The molecule has 1 amide bonds. The second-order valence-corrected chi connectivity index (χ2v) is 8.97. The predicted molar refractivity (Wildman–Crippen MR) is 98.0 cm³/mol. The molecule has 0 bridgehead atoms. The molecule has 9 nitrogen and oxygen atoms in total. The molecule has 10 heteroatoms. The number of hydrogen-bond acceptors (Lipinski definition) is 6. The minimum absolute atomic E-state index is 0.221. The molecule has 1 aromatic rings. The molecular weight excluding hydrogens is 360 g/mol. The number of hydrogen-bond donors (Lipinski definition) is 2. The quantitative estimate of drug-likeness (QED) is 0.482. The monoisotopic (exact) mass is 386 g/mol. The third kappa shape index (κ3) is 5.75. The lowest BCUT2D eigenvalue weighted by atomic mass is 9.91. The second-order valence-electron chi connectivity index (χ2n) is 6.93. The number of likely N-dealkylation sites (N-methyl/N-ethyl adjacent to an activating group) is 1.